The molecule has 1 aromatic carbocycles. The number of hydrogen-bond donors (Lipinski definition) is 1. The van der Waals surface area contributed by atoms with Crippen LogP contribution in [0.5, 0.6) is 0 Å². The second-order valence-electron chi connectivity index (χ2n) is 11.0. The number of fused-ring (bicyclic) bond motifs is 1. The number of carbonyl (C=O) groups is 3. The molecular weight excluding hydrogens is 494 g/mol. The van der Waals surface area contributed by atoms with Crippen LogP contribution in [0, 0.1) is 11.8 Å². The molecule has 8 nitrogen and oxygen atoms in total. The van der Waals surface area contributed by atoms with Crippen molar-refractivity contribution in [2.45, 2.75) is 69.7 Å². The summed E-state index contributed by atoms with van der Waals surface area (Å²) in [6.07, 6.45) is 6.83. The molecule has 8 heteroatoms. The van der Waals surface area contributed by atoms with Gasteiger partial charge in [-0.15, -0.1) is 13.2 Å². The number of hydrogen-bond acceptors (Lipinski definition) is 5. The summed E-state index contributed by atoms with van der Waals surface area (Å²) in [4.78, 5) is 47.6. The predicted octanol–water partition coefficient (Wildman–Crippen LogP) is 3.16. The Morgan fingerprint density at radius 3 is 2.41 bits per heavy atom. The van der Waals surface area contributed by atoms with E-state index in [1.165, 1.54) is 4.90 Å². The molecule has 1 N–H and O–H groups in total. The molecule has 1 spiro atoms. The number of aliphatic hydroxyl groups is 1. The van der Waals surface area contributed by atoms with Crippen LogP contribution in [-0.4, -0.2) is 87.6 Å². The average Bonchev–Trinajstić information content (AvgIpc) is 3.54. The van der Waals surface area contributed by atoms with Gasteiger partial charge >= 0.3 is 0 Å². The van der Waals surface area contributed by atoms with Crippen molar-refractivity contribution < 1.29 is 24.2 Å². The standard InChI is InChI=1S/C31H43N3O5/c1-5-9-19-32(17-6-2)29(38)26-31-16-15-30(8-4,39-31)24(25(31)28(37)34(26)20-21-35)27(36)33(18-7-3)22-23-13-11-10-12-14-23/h6-7,10-14,24-26,35H,2-3,5,8-9,15-22H2,1,4H3/t24-,25+,26?,30+,31?/m1/s1. The first-order valence-electron chi connectivity index (χ1n) is 14.3. The van der Waals surface area contributed by atoms with E-state index in [0.717, 1.165) is 18.4 Å². The summed E-state index contributed by atoms with van der Waals surface area (Å²) in [5.41, 5.74) is -0.928. The van der Waals surface area contributed by atoms with Crippen LogP contribution in [0.3, 0.4) is 0 Å². The highest BCUT2D eigenvalue weighted by Gasteiger charge is 2.79. The lowest BCUT2D eigenvalue weighted by Gasteiger charge is -2.37. The van der Waals surface area contributed by atoms with E-state index in [1.54, 1.807) is 22.0 Å². The minimum absolute atomic E-state index is 0.0208. The Kier molecular flexibility index (Phi) is 8.96. The smallest absolute Gasteiger partial charge is 0.248 e. The van der Waals surface area contributed by atoms with Crippen LogP contribution in [0.2, 0.25) is 0 Å². The van der Waals surface area contributed by atoms with Crippen molar-refractivity contribution in [2.24, 2.45) is 11.8 Å². The van der Waals surface area contributed by atoms with E-state index in [4.69, 9.17) is 4.74 Å². The summed E-state index contributed by atoms with van der Waals surface area (Å²) >= 11 is 0. The maximum atomic E-state index is 14.4. The fourth-order valence-electron chi connectivity index (χ4n) is 7.08. The second kappa shape index (κ2) is 12.0. The largest absolute Gasteiger partial charge is 0.395 e. The predicted molar refractivity (Wildman–Crippen MR) is 149 cm³/mol. The lowest BCUT2D eigenvalue weighted by atomic mass is 9.64. The topological polar surface area (TPSA) is 90.4 Å². The molecule has 3 heterocycles. The minimum Gasteiger partial charge on any atom is -0.395 e. The van der Waals surface area contributed by atoms with Crippen molar-refractivity contribution in [3.63, 3.8) is 0 Å². The third-order valence-electron chi connectivity index (χ3n) is 8.84. The average molecular weight is 538 g/mol. The first kappa shape index (κ1) is 29.0. The van der Waals surface area contributed by atoms with Gasteiger partial charge in [0.1, 0.15) is 11.6 Å². The van der Waals surface area contributed by atoms with Crippen LogP contribution in [0.15, 0.2) is 55.6 Å². The lowest BCUT2D eigenvalue weighted by molar-refractivity contribution is -0.155. The van der Waals surface area contributed by atoms with E-state index in [-0.39, 0.29) is 30.9 Å². The number of unbranched alkanes of at least 4 members (excludes halogenated alkanes) is 1. The van der Waals surface area contributed by atoms with E-state index in [2.05, 4.69) is 20.1 Å². The quantitative estimate of drug-likeness (QED) is 0.368. The Bertz CT molecular complexity index is 1080. The molecule has 3 aliphatic heterocycles. The molecule has 2 bridgehead atoms. The molecule has 212 valence electrons. The van der Waals surface area contributed by atoms with Crippen molar-refractivity contribution in [3.05, 3.63) is 61.2 Å². The van der Waals surface area contributed by atoms with E-state index in [9.17, 15) is 19.5 Å². The maximum Gasteiger partial charge on any atom is 0.248 e. The van der Waals surface area contributed by atoms with Gasteiger partial charge < -0.3 is 24.5 Å². The zero-order valence-corrected chi connectivity index (χ0v) is 23.4. The molecule has 0 radical (unpaired) electrons. The van der Waals surface area contributed by atoms with Gasteiger partial charge in [0.2, 0.25) is 17.7 Å². The van der Waals surface area contributed by atoms with Gasteiger partial charge in [-0.2, -0.15) is 0 Å². The number of β-amino-alcohol motifs (C(OH)–C–C–N with tert-alkyl or cyclic N) is 1. The normalized spacial score (nSPS) is 28.8. The van der Waals surface area contributed by atoms with E-state index in [0.29, 0.717) is 45.4 Å². The van der Waals surface area contributed by atoms with Gasteiger partial charge in [-0.05, 0) is 31.2 Å². The molecule has 1 aromatic rings. The van der Waals surface area contributed by atoms with Crippen LogP contribution in [0.4, 0.5) is 0 Å². The van der Waals surface area contributed by atoms with E-state index < -0.39 is 29.1 Å². The molecule has 4 rings (SSSR count). The molecule has 39 heavy (non-hydrogen) atoms. The SMILES string of the molecule is C=CCN(CCCC)C(=O)C1N(CCO)C(=O)[C@@H]2[C@H](C(=O)N(CC=C)Cc3ccccc3)[C@]3(CC)CCC12O3. The third kappa shape index (κ3) is 4.93. The van der Waals surface area contributed by atoms with Crippen molar-refractivity contribution in [1.82, 2.24) is 14.7 Å². The number of rotatable bonds is 14. The molecule has 5 atom stereocenters. The van der Waals surface area contributed by atoms with E-state index >= 15 is 0 Å². The summed E-state index contributed by atoms with van der Waals surface area (Å²) in [5.74, 6) is -2.11. The Morgan fingerprint density at radius 2 is 1.79 bits per heavy atom. The summed E-state index contributed by atoms with van der Waals surface area (Å²) in [7, 11) is 0. The number of likely N-dealkylation sites (tertiary alicyclic amines) is 1. The Labute approximate surface area is 232 Å². The van der Waals surface area contributed by atoms with Gasteiger partial charge in [-0.3, -0.25) is 14.4 Å². The van der Waals surface area contributed by atoms with Crippen molar-refractivity contribution in [2.75, 3.05) is 32.8 Å². The van der Waals surface area contributed by atoms with Gasteiger partial charge in [0.05, 0.1) is 24.0 Å². The number of aliphatic hydroxyl groups excluding tert-OH is 1. The third-order valence-corrected chi connectivity index (χ3v) is 8.84. The fourth-order valence-corrected chi connectivity index (χ4v) is 7.08. The van der Waals surface area contributed by atoms with Gasteiger partial charge in [0.15, 0.2) is 0 Å². The highest BCUT2D eigenvalue weighted by molar-refractivity contribution is 5.99. The van der Waals surface area contributed by atoms with Crippen molar-refractivity contribution in [3.8, 4) is 0 Å². The Hall–Kier alpha value is -2.97. The Morgan fingerprint density at radius 1 is 1.10 bits per heavy atom. The van der Waals surface area contributed by atoms with Crippen LogP contribution in [0.25, 0.3) is 0 Å². The van der Waals surface area contributed by atoms with Gasteiger partial charge in [-0.25, -0.2) is 0 Å². The summed E-state index contributed by atoms with van der Waals surface area (Å²) in [6, 6.07) is 8.87. The number of amides is 3. The van der Waals surface area contributed by atoms with Gasteiger partial charge in [0, 0.05) is 32.7 Å². The molecule has 3 amide bonds. The summed E-state index contributed by atoms with van der Waals surface area (Å²) in [6.45, 7) is 13.1. The zero-order valence-electron chi connectivity index (χ0n) is 23.4. The molecule has 0 saturated carbocycles. The van der Waals surface area contributed by atoms with Crippen molar-refractivity contribution >= 4 is 17.7 Å². The zero-order chi connectivity index (χ0) is 28.2. The number of ether oxygens (including phenoxy) is 1. The van der Waals surface area contributed by atoms with Crippen LogP contribution in [0.1, 0.15) is 51.5 Å². The van der Waals surface area contributed by atoms with E-state index in [1.807, 2.05) is 37.3 Å². The molecule has 0 aromatic heterocycles. The monoisotopic (exact) mass is 537 g/mol. The molecule has 0 aliphatic carbocycles. The highest BCUT2D eigenvalue weighted by atomic mass is 16.5. The summed E-state index contributed by atoms with van der Waals surface area (Å²) < 4.78 is 6.86. The molecule has 3 aliphatic rings. The lowest BCUT2D eigenvalue weighted by Crippen LogP contribution is -2.56. The number of carbonyl (C=O) groups excluding carboxylic acids is 3. The first-order valence-corrected chi connectivity index (χ1v) is 14.3. The Balaban J connectivity index is 1.75. The van der Waals surface area contributed by atoms with Crippen LogP contribution < -0.4 is 0 Å². The van der Waals surface area contributed by atoms with Crippen LogP contribution in [-0.2, 0) is 25.7 Å². The molecule has 3 saturated heterocycles. The maximum absolute atomic E-state index is 14.4. The van der Waals surface area contributed by atoms with Gasteiger partial charge in [0.25, 0.3) is 0 Å². The van der Waals surface area contributed by atoms with Crippen molar-refractivity contribution in [1.29, 1.82) is 0 Å². The molecule has 2 unspecified atom stereocenters. The minimum atomic E-state index is -1.10. The number of nitrogens with zero attached hydrogens (tertiary/aromatic N) is 3. The summed E-state index contributed by atoms with van der Waals surface area (Å²) in [5, 5.41) is 9.89. The van der Waals surface area contributed by atoms with Crippen LogP contribution >= 0.6 is 0 Å². The first-order chi connectivity index (χ1) is 18.8. The molecular formula is C31H43N3O5. The second-order valence-corrected chi connectivity index (χ2v) is 11.0. The van der Waals surface area contributed by atoms with Gasteiger partial charge in [-0.1, -0.05) is 62.8 Å². The molecule has 3 fully saturated rings. The number of benzene rings is 1. The fraction of sp³-hybridized carbons (Fsp3) is 0.581. The highest BCUT2D eigenvalue weighted by Crippen LogP contribution is 2.64.